The molecule has 2 rings (SSSR count). The molecule has 0 radical (unpaired) electrons. The van der Waals surface area contributed by atoms with Crippen LogP contribution in [0.4, 0.5) is 0 Å². The first-order valence-corrected chi connectivity index (χ1v) is 7.65. The average molecular weight is 289 g/mol. The maximum Gasteiger partial charge on any atom is 0.225 e. The van der Waals surface area contributed by atoms with Crippen LogP contribution in [0.25, 0.3) is 0 Å². The van der Waals surface area contributed by atoms with E-state index in [0.29, 0.717) is 26.1 Å². The lowest BCUT2D eigenvalue weighted by molar-refractivity contribution is -0.129. The average Bonchev–Trinajstić information content (AvgIpc) is 2.86. The standard InChI is InChI=1S/C16H23N3O2/c1-2-3-4-8-18-16(21)14-9-15(20)19(12-14)11-13-6-5-7-17-10-13/h5-7,10,14H,2-4,8-9,11-12H2,1H3,(H,18,21). The van der Waals surface area contributed by atoms with Crippen molar-refractivity contribution in [2.45, 2.75) is 39.2 Å². The van der Waals surface area contributed by atoms with E-state index in [1.54, 1.807) is 17.3 Å². The predicted octanol–water partition coefficient (Wildman–Crippen LogP) is 1.74. The molecule has 1 aliphatic heterocycles. The van der Waals surface area contributed by atoms with Gasteiger partial charge >= 0.3 is 0 Å². The number of hydrogen-bond donors (Lipinski definition) is 1. The zero-order valence-corrected chi connectivity index (χ0v) is 12.5. The highest BCUT2D eigenvalue weighted by Gasteiger charge is 2.33. The summed E-state index contributed by atoms with van der Waals surface area (Å²) in [7, 11) is 0. The highest BCUT2D eigenvalue weighted by atomic mass is 16.2. The molecule has 1 saturated heterocycles. The van der Waals surface area contributed by atoms with Crippen molar-refractivity contribution in [2.75, 3.05) is 13.1 Å². The molecule has 1 fully saturated rings. The second-order valence-electron chi connectivity index (χ2n) is 5.53. The van der Waals surface area contributed by atoms with Gasteiger partial charge < -0.3 is 10.2 Å². The Labute approximate surface area is 125 Å². The second-order valence-corrected chi connectivity index (χ2v) is 5.53. The maximum atomic E-state index is 12.0. The molecule has 1 N–H and O–H groups in total. The lowest BCUT2D eigenvalue weighted by Crippen LogP contribution is -2.33. The van der Waals surface area contributed by atoms with Gasteiger partial charge in [-0.15, -0.1) is 0 Å². The van der Waals surface area contributed by atoms with Gasteiger partial charge in [0.2, 0.25) is 11.8 Å². The first-order chi connectivity index (χ1) is 10.2. The fourth-order valence-electron chi connectivity index (χ4n) is 2.54. The summed E-state index contributed by atoms with van der Waals surface area (Å²) in [5.41, 5.74) is 0.995. The number of unbranched alkanes of at least 4 members (excludes halogenated alkanes) is 2. The molecule has 0 saturated carbocycles. The van der Waals surface area contributed by atoms with Crippen LogP contribution in [-0.2, 0) is 16.1 Å². The molecule has 114 valence electrons. The van der Waals surface area contributed by atoms with Gasteiger partial charge in [0, 0.05) is 38.4 Å². The Bertz CT molecular complexity index is 476. The van der Waals surface area contributed by atoms with Gasteiger partial charge in [0.25, 0.3) is 0 Å². The Kier molecular flexibility index (Phi) is 5.72. The van der Waals surface area contributed by atoms with Gasteiger partial charge in [-0.05, 0) is 18.1 Å². The number of pyridine rings is 1. The lowest BCUT2D eigenvalue weighted by Gasteiger charge is -2.16. The number of likely N-dealkylation sites (tertiary alicyclic amines) is 1. The fraction of sp³-hybridized carbons (Fsp3) is 0.562. The molecule has 1 atom stereocenters. The molecule has 1 aromatic rings. The smallest absolute Gasteiger partial charge is 0.225 e. The van der Waals surface area contributed by atoms with Crippen LogP contribution in [-0.4, -0.2) is 34.8 Å². The van der Waals surface area contributed by atoms with E-state index in [1.165, 1.54) is 0 Å². The molecule has 5 nitrogen and oxygen atoms in total. The Morgan fingerprint density at radius 1 is 1.48 bits per heavy atom. The minimum atomic E-state index is -0.212. The summed E-state index contributed by atoms with van der Waals surface area (Å²) < 4.78 is 0. The summed E-state index contributed by atoms with van der Waals surface area (Å²) in [6.45, 7) is 3.88. The quantitative estimate of drug-likeness (QED) is 0.778. The van der Waals surface area contributed by atoms with Crippen LogP contribution in [0.5, 0.6) is 0 Å². The van der Waals surface area contributed by atoms with Crippen LogP contribution in [0.3, 0.4) is 0 Å². The van der Waals surface area contributed by atoms with E-state index in [9.17, 15) is 9.59 Å². The molecule has 1 aliphatic rings. The van der Waals surface area contributed by atoms with Gasteiger partial charge in [-0.2, -0.15) is 0 Å². The minimum absolute atomic E-state index is 0.00754. The fourth-order valence-corrected chi connectivity index (χ4v) is 2.54. The van der Waals surface area contributed by atoms with Crippen molar-refractivity contribution in [3.63, 3.8) is 0 Å². The van der Waals surface area contributed by atoms with Crippen molar-refractivity contribution in [3.8, 4) is 0 Å². The number of rotatable bonds is 7. The first kappa shape index (κ1) is 15.5. The number of nitrogens with one attached hydrogen (secondary N) is 1. The van der Waals surface area contributed by atoms with Crippen molar-refractivity contribution in [1.29, 1.82) is 0 Å². The SMILES string of the molecule is CCCCCNC(=O)C1CC(=O)N(Cc2cccnc2)C1. The van der Waals surface area contributed by atoms with Crippen LogP contribution in [0, 0.1) is 5.92 Å². The molecule has 0 bridgehead atoms. The van der Waals surface area contributed by atoms with E-state index in [1.807, 2.05) is 12.1 Å². The van der Waals surface area contributed by atoms with Gasteiger partial charge in [-0.3, -0.25) is 14.6 Å². The lowest BCUT2D eigenvalue weighted by atomic mass is 10.1. The number of carbonyl (C=O) groups excluding carboxylic acids is 2. The van der Waals surface area contributed by atoms with E-state index >= 15 is 0 Å². The topological polar surface area (TPSA) is 62.3 Å². The van der Waals surface area contributed by atoms with Gasteiger partial charge in [-0.1, -0.05) is 25.8 Å². The summed E-state index contributed by atoms with van der Waals surface area (Å²) in [4.78, 5) is 29.8. The van der Waals surface area contributed by atoms with Crippen LogP contribution in [0.1, 0.15) is 38.2 Å². The van der Waals surface area contributed by atoms with E-state index < -0.39 is 0 Å². The predicted molar refractivity (Wildman–Crippen MR) is 80.3 cm³/mol. The zero-order valence-electron chi connectivity index (χ0n) is 12.5. The molecule has 1 aromatic heterocycles. The van der Waals surface area contributed by atoms with Crippen LogP contribution in [0.2, 0.25) is 0 Å². The van der Waals surface area contributed by atoms with E-state index in [2.05, 4.69) is 17.2 Å². The van der Waals surface area contributed by atoms with Crippen LogP contribution in [0.15, 0.2) is 24.5 Å². The number of carbonyl (C=O) groups is 2. The van der Waals surface area contributed by atoms with Gasteiger partial charge in [0.1, 0.15) is 0 Å². The molecular weight excluding hydrogens is 266 g/mol. The number of nitrogens with zero attached hydrogens (tertiary/aromatic N) is 2. The van der Waals surface area contributed by atoms with Gasteiger partial charge in [0.05, 0.1) is 5.92 Å². The molecule has 1 unspecified atom stereocenters. The Morgan fingerprint density at radius 3 is 3.05 bits per heavy atom. The Balaban J connectivity index is 1.80. The summed E-state index contributed by atoms with van der Waals surface area (Å²) in [5.74, 6) is -0.156. The molecule has 2 heterocycles. The van der Waals surface area contributed by atoms with E-state index in [0.717, 1.165) is 24.8 Å². The summed E-state index contributed by atoms with van der Waals surface area (Å²) in [6, 6.07) is 3.80. The monoisotopic (exact) mass is 289 g/mol. The molecule has 0 aromatic carbocycles. The minimum Gasteiger partial charge on any atom is -0.356 e. The van der Waals surface area contributed by atoms with Crippen molar-refractivity contribution in [1.82, 2.24) is 15.2 Å². The van der Waals surface area contributed by atoms with Crippen LogP contribution < -0.4 is 5.32 Å². The summed E-state index contributed by atoms with van der Waals surface area (Å²) >= 11 is 0. The largest absolute Gasteiger partial charge is 0.356 e. The number of aromatic nitrogens is 1. The second kappa shape index (κ2) is 7.76. The molecule has 0 aliphatic carbocycles. The van der Waals surface area contributed by atoms with E-state index in [4.69, 9.17) is 0 Å². The molecule has 21 heavy (non-hydrogen) atoms. The number of hydrogen-bond acceptors (Lipinski definition) is 3. The van der Waals surface area contributed by atoms with Gasteiger partial charge in [-0.25, -0.2) is 0 Å². The molecule has 5 heteroatoms. The van der Waals surface area contributed by atoms with Crippen molar-refractivity contribution in [2.24, 2.45) is 5.92 Å². The molecular formula is C16H23N3O2. The number of amides is 2. The third-order valence-corrected chi connectivity index (χ3v) is 3.76. The Hall–Kier alpha value is -1.91. The van der Waals surface area contributed by atoms with E-state index in [-0.39, 0.29) is 17.7 Å². The summed E-state index contributed by atoms with van der Waals surface area (Å²) in [6.07, 6.45) is 7.04. The van der Waals surface area contributed by atoms with Crippen LogP contribution >= 0.6 is 0 Å². The van der Waals surface area contributed by atoms with Gasteiger partial charge in [0.15, 0.2) is 0 Å². The normalized spacial score (nSPS) is 18.0. The maximum absolute atomic E-state index is 12.0. The highest BCUT2D eigenvalue weighted by molar-refractivity contribution is 5.89. The third kappa shape index (κ3) is 4.55. The van der Waals surface area contributed by atoms with Crippen molar-refractivity contribution >= 4 is 11.8 Å². The highest BCUT2D eigenvalue weighted by Crippen LogP contribution is 2.20. The third-order valence-electron chi connectivity index (χ3n) is 3.76. The zero-order chi connectivity index (χ0) is 15.1. The summed E-state index contributed by atoms with van der Waals surface area (Å²) in [5, 5.41) is 2.93. The molecule has 2 amide bonds. The molecule has 0 spiro atoms. The van der Waals surface area contributed by atoms with Crippen molar-refractivity contribution in [3.05, 3.63) is 30.1 Å². The first-order valence-electron chi connectivity index (χ1n) is 7.65. The Morgan fingerprint density at radius 2 is 2.33 bits per heavy atom. The van der Waals surface area contributed by atoms with Crippen molar-refractivity contribution < 1.29 is 9.59 Å².